The zero-order valence-electron chi connectivity index (χ0n) is 17.4. The fourth-order valence-corrected chi connectivity index (χ4v) is 4.13. The highest BCUT2D eigenvalue weighted by atomic mass is 32.2. The summed E-state index contributed by atoms with van der Waals surface area (Å²) in [5.74, 6) is -1.24. The molecule has 7 nitrogen and oxygen atoms in total. The number of carbonyl (C=O) groups is 3. The van der Waals surface area contributed by atoms with Crippen molar-refractivity contribution in [1.82, 2.24) is 10.6 Å². The van der Waals surface area contributed by atoms with E-state index in [0.29, 0.717) is 20.5 Å². The minimum Gasteiger partial charge on any atom is -0.394 e. The summed E-state index contributed by atoms with van der Waals surface area (Å²) in [7, 11) is 0. The van der Waals surface area contributed by atoms with Crippen LogP contribution in [-0.4, -0.2) is 39.8 Å². The van der Waals surface area contributed by atoms with Crippen molar-refractivity contribution in [3.8, 4) is 0 Å². The van der Waals surface area contributed by atoms with Crippen LogP contribution in [0.4, 0.5) is 5.69 Å². The number of thioether (sulfide) groups is 1. The monoisotopic (exact) mass is 469 g/mol. The summed E-state index contributed by atoms with van der Waals surface area (Å²) in [5, 5.41) is 17.5. The maximum absolute atomic E-state index is 12.6. The number of thiocarbonyl (C=S) groups is 1. The van der Waals surface area contributed by atoms with Gasteiger partial charge in [0.15, 0.2) is 0 Å². The Kier molecular flexibility index (Phi) is 8.15. The van der Waals surface area contributed by atoms with Crippen LogP contribution in [0.5, 0.6) is 0 Å². The molecular weight excluding hydrogens is 446 g/mol. The average molecular weight is 470 g/mol. The Hall–Kier alpha value is -3.01. The molecule has 0 radical (unpaired) electrons. The van der Waals surface area contributed by atoms with Crippen LogP contribution in [0.15, 0.2) is 53.4 Å². The molecule has 9 heteroatoms. The van der Waals surface area contributed by atoms with Crippen molar-refractivity contribution in [2.24, 2.45) is 0 Å². The standard InChI is InChI=1S/C23H23N3O4S2/c1-2-5-15-6-3-4-7-17(15)24-21(29)18(13-27)25-20(28)16-10-8-14(9-11-16)12-19-22(30)26-23(31)32-19/h3-4,6-12,18,27H,2,5,13H2,1H3,(H,24,29)(H,25,28)(H,26,30,31)/b19-12-/t18-/m0/s1. The minimum atomic E-state index is -1.10. The van der Waals surface area contributed by atoms with Crippen LogP contribution in [0.3, 0.4) is 0 Å². The zero-order valence-corrected chi connectivity index (χ0v) is 19.0. The third kappa shape index (κ3) is 6.03. The predicted octanol–water partition coefficient (Wildman–Crippen LogP) is 2.86. The van der Waals surface area contributed by atoms with Gasteiger partial charge in [0.05, 0.1) is 11.5 Å². The zero-order chi connectivity index (χ0) is 23.1. The Morgan fingerprint density at radius 2 is 1.91 bits per heavy atom. The fourth-order valence-electron chi connectivity index (χ4n) is 3.09. The maximum atomic E-state index is 12.6. The number of benzene rings is 2. The summed E-state index contributed by atoms with van der Waals surface area (Å²) < 4.78 is 0.405. The van der Waals surface area contributed by atoms with Gasteiger partial charge in [-0.3, -0.25) is 14.4 Å². The molecule has 0 spiro atoms. The number of para-hydroxylation sites is 1. The summed E-state index contributed by atoms with van der Waals surface area (Å²) in [5.41, 5.74) is 2.71. The van der Waals surface area contributed by atoms with Crippen LogP contribution < -0.4 is 16.0 Å². The van der Waals surface area contributed by atoms with Gasteiger partial charge in [0.1, 0.15) is 10.4 Å². The molecule has 1 aliphatic rings. The lowest BCUT2D eigenvalue weighted by Gasteiger charge is -2.18. The Balaban J connectivity index is 1.65. The van der Waals surface area contributed by atoms with Crippen LogP contribution in [0.2, 0.25) is 0 Å². The van der Waals surface area contributed by atoms with Gasteiger partial charge in [-0.25, -0.2) is 0 Å². The van der Waals surface area contributed by atoms with E-state index in [-0.39, 0.29) is 5.91 Å². The van der Waals surface area contributed by atoms with Crippen molar-refractivity contribution in [2.45, 2.75) is 25.8 Å². The third-order valence-corrected chi connectivity index (χ3v) is 5.87. The summed E-state index contributed by atoms with van der Waals surface area (Å²) in [4.78, 5) is 37.5. The Labute approximate surface area is 195 Å². The van der Waals surface area contributed by atoms with Crippen molar-refractivity contribution in [2.75, 3.05) is 11.9 Å². The molecule has 1 fully saturated rings. The molecule has 0 aliphatic carbocycles. The van der Waals surface area contributed by atoms with Gasteiger partial charge in [0.25, 0.3) is 11.8 Å². The van der Waals surface area contributed by atoms with E-state index in [1.165, 1.54) is 11.8 Å². The number of anilines is 1. The molecule has 3 amide bonds. The molecule has 0 aromatic heterocycles. The van der Waals surface area contributed by atoms with Crippen LogP contribution in [0, 0.1) is 0 Å². The topological polar surface area (TPSA) is 108 Å². The van der Waals surface area contributed by atoms with E-state index in [0.717, 1.165) is 24.0 Å². The van der Waals surface area contributed by atoms with Gasteiger partial charge in [-0.05, 0) is 41.8 Å². The van der Waals surface area contributed by atoms with E-state index in [2.05, 4.69) is 16.0 Å². The first kappa shape index (κ1) is 23.6. The van der Waals surface area contributed by atoms with Crippen molar-refractivity contribution in [1.29, 1.82) is 0 Å². The number of hydrogen-bond acceptors (Lipinski definition) is 6. The average Bonchev–Trinajstić information content (AvgIpc) is 3.10. The Morgan fingerprint density at radius 1 is 1.19 bits per heavy atom. The van der Waals surface area contributed by atoms with Crippen LogP contribution in [-0.2, 0) is 16.0 Å². The normalized spacial score (nSPS) is 15.4. The second-order valence-electron chi connectivity index (χ2n) is 7.08. The quantitative estimate of drug-likeness (QED) is 0.350. The number of amides is 3. The van der Waals surface area contributed by atoms with Crippen molar-refractivity contribution in [3.63, 3.8) is 0 Å². The first-order valence-electron chi connectivity index (χ1n) is 10.1. The second kappa shape index (κ2) is 11.0. The van der Waals surface area contributed by atoms with Crippen molar-refractivity contribution < 1.29 is 19.5 Å². The Bertz CT molecular complexity index is 1070. The van der Waals surface area contributed by atoms with E-state index in [9.17, 15) is 19.5 Å². The molecular formula is C23H23N3O4S2. The van der Waals surface area contributed by atoms with E-state index in [1.807, 2.05) is 25.1 Å². The predicted molar refractivity (Wildman–Crippen MR) is 130 cm³/mol. The summed E-state index contributed by atoms with van der Waals surface area (Å²) in [6.07, 6.45) is 3.41. The molecule has 2 aromatic rings. The highest BCUT2D eigenvalue weighted by Crippen LogP contribution is 2.25. The number of carbonyl (C=O) groups excluding carboxylic acids is 3. The van der Waals surface area contributed by atoms with E-state index in [1.54, 1.807) is 36.4 Å². The largest absolute Gasteiger partial charge is 0.394 e. The lowest BCUT2D eigenvalue weighted by molar-refractivity contribution is -0.119. The van der Waals surface area contributed by atoms with E-state index in [4.69, 9.17) is 12.2 Å². The lowest BCUT2D eigenvalue weighted by Crippen LogP contribution is -2.46. The third-order valence-electron chi connectivity index (χ3n) is 4.71. The molecule has 3 rings (SSSR count). The first-order valence-corrected chi connectivity index (χ1v) is 11.3. The summed E-state index contributed by atoms with van der Waals surface area (Å²) in [6, 6.07) is 12.9. The lowest BCUT2D eigenvalue weighted by atomic mass is 10.1. The maximum Gasteiger partial charge on any atom is 0.263 e. The molecule has 166 valence electrons. The number of aliphatic hydroxyl groups excluding tert-OH is 1. The van der Waals surface area contributed by atoms with Gasteiger partial charge in [-0.15, -0.1) is 0 Å². The van der Waals surface area contributed by atoms with E-state index < -0.39 is 24.5 Å². The molecule has 0 unspecified atom stereocenters. The molecule has 4 N–H and O–H groups in total. The number of aliphatic hydroxyl groups is 1. The summed E-state index contributed by atoms with van der Waals surface area (Å²) >= 11 is 6.14. The van der Waals surface area contributed by atoms with Gasteiger partial charge in [-0.1, -0.05) is 67.7 Å². The number of nitrogens with one attached hydrogen (secondary N) is 3. The molecule has 1 aliphatic heterocycles. The van der Waals surface area contributed by atoms with E-state index >= 15 is 0 Å². The summed E-state index contributed by atoms with van der Waals surface area (Å²) in [6.45, 7) is 1.51. The molecule has 1 atom stereocenters. The SMILES string of the molecule is CCCc1ccccc1NC(=O)[C@H](CO)NC(=O)c1ccc(/C=C2\SC(=S)NC2=O)cc1. The molecule has 0 saturated carbocycles. The van der Waals surface area contributed by atoms with Gasteiger partial charge < -0.3 is 21.1 Å². The van der Waals surface area contributed by atoms with Crippen LogP contribution in [0.1, 0.15) is 34.8 Å². The van der Waals surface area contributed by atoms with Gasteiger partial charge >= 0.3 is 0 Å². The molecule has 0 bridgehead atoms. The van der Waals surface area contributed by atoms with Crippen molar-refractivity contribution >= 4 is 57.8 Å². The molecule has 2 aromatic carbocycles. The molecule has 1 saturated heterocycles. The Morgan fingerprint density at radius 3 is 2.53 bits per heavy atom. The van der Waals surface area contributed by atoms with Crippen LogP contribution >= 0.6 is 24.0 Å². The van der Waals surface area contributed by atoms with Crippen LogP contribution in [0.25, 0.3) is 6.08 Å². The number of rotatable bonds is 8. The first-order chi connectivity index (χ1) is 15.4. The highest BCUT2D eigenvalue weighted by Gasteiger charge is 2.23. The minimum absolute atomic E-state index is 0.251. The smallest absolute Gasteiger partial charge is 0.263 e. The fraction of sp³-hybridized carbons (Fsp3) is 0.217. The van der Waals surface area contributed by atoms with Crippen molar-refractivity contribution in [3.05, 3.63) is 70.1 Å². The van der Waals surface area contributed by atoms with Gasteiger partial charge in [0, 0.05) is 11.3 Å². The van der Waals surface area contributed by atoms with Gasteiger partial charge in [0.2, 0.25) is 5.91 Å². The second-order valence-corrected chi connectivity index (χ2v) is 8.80. The van der Waals surface area contributed by atoms with Gasteiger partial charge in [-0.2, -0.15) is 0 Å². The molecule has 1 heterocycles. The molecule has 32 heavy (non-hydrogen) atoms. The number of aryl methyl sites for hydroxylation is 1. The highest BCUT2D eigenvalue weighted by molar-refractivity contribution is 8.26. The number of hydrogen-bond donors (Lipinski definition) is 4.